The van der Waals surface area contributed by atoms with E-state index in [1.54, 1.807) is 24.4 Å². The van der Waals surface area contributed by atoms with Gasteiger partial charge in [-0.25, -0.2) is 9.97 Å². The van der Waals surface area contributed by atoms with E-state index in [2.05, 4.69) is 20.4 Å². The molecule has 6 nitrogen and oxygen atoms in total. The molecule has 4 rings (SSSR count). The number of anilines is 1. The molecule has 2 aromatic carbocycles. The average molecular weight is 405 g/mol. The summed E-state index contributed by atoms with van der Waals surface area (Å²) < 4.78 is 5.52. The van der Waals surface area contributed by atoms with Gasteiger partial charge in [-0.2, -0.15) is 0 Å². The molecule has 1 amide bonds. The molecule has 0 aliphatic carbocycles. The van der Waals surface area contributed by atoms with Gasteiger partial charge in [0.05, 0.1) is 17.2 Å². The summed E-state index contributed by atoms with van der Waals surface area (Å²) in [4.78, 5) is 21.1. The lowest BCUT2D eigenvalue weighted by molar-refractivity contribution is -0.117. The summed E-state index contributed by atoms with van der Waals surface area (Å²) in [5.41, 5.74) is 3.44. The third-order valence-electron chi connectivity index (χ3n) is 4.58. The molecule has 0 spiro atoms. The summed E-state index contributed by atoms with van der Waals surface area (Å²) in [6.45, 7) is 1.84. The average Bonchev–Trinajstić information content (AvgIpc) is 3.18. The molecule has 0 radical (unpaired) electrons. The van der Waals surface area contributed by atoms with E-state index in [1.807, 2.05) is 49.4 Å². The van der Waals surface area contributed by atoms with E-state index in [1.165, 1.54) is 6.33 Å². The molecule has 4 aromatic rings. The van der Waals surface area contributed by atoms with Crippen LogP contribution in [0.5, 0.6) is 0 Å². The Morgan fingerprint density at radius 2 is 1.83 bits per heavy atom. The number of hydrogen-bond donors (Lipinski definition) is 1. The first-order valence-corrected chi connectivity index (χ1v) is 9.39. The summed E-state index contributed by atoms with van der Waals surface area (Å²) in [6, 6.07) is 18.5. The Hall–Kier alpha value is -3.51. The maximum Gasteiger partial charge on any atom is 0.241 e. The molecule has 7 heteroatoms. The summed E-state index contributed by atoms with van der Waals surface area (Å²) in [5.74, 6) is -0.328. The minimum atomic E-state index is -0.362. The Morgan fingerprint density at radius 1 is 1.07 bits per heavy atom. The topological polar surface area (TPSA) is 80.9 Å². The van der Waals surface area contributed by atoms with Gasteiger partial charge < -0.3 is 4.52 Å². The molecular formula is C22H17ClN4O2. The van der Waals surface area contributed by atoms with Crippen LogP contribution in [-0.2, 0) is 4.79 Å². The molecule has 29 heavy (non-hydrogen) atoms. The second-order valence-electron chi connectivity index (χ2n) is 6.46. The largest absolute Gasteiger partial charge is 0.337 e. The van der Waals surface area contributed by atoms with Crippen LogP contribution >= 0.6 is 11.6 Å². The highest BCUT2D eigenvalue weighted by Crippen LogP contribution is 2.37. The molecule has 1 N–H and O–H groups in total. The van der Waals surface area contributed by atoms with Gasteiger partial charge in [0.15, 0.2) is 0 Å². The molecule has 0 aliphatic rings. The molecule has 1 atom stereocenters. The van der Waals surface area contributed by atoms with E-state index >= 15 is 0 Å². The van der Waals surface area contributed by atoms with E-state index in [0.29, 0.717) is 22.0 Å². The number of rotatable bonds is 5. The Kier molecular flexibility index (Phi) is 5.35. The van der Waals surface area contributed by atoms with Gasteiger partial charge >= 0.3 is 0 Å². The molecule has 144 valence electrons. The van der Waals surface area contributed by atoms with Gasteiger partial charge in [-0.3, -0.25) is 10.1 Å². The normalized spacial score (nSPS) is 11.8. The number of benzene rings is 2. The van der Waals surface area contributed by atoms with E-state index in [9.17, 15) is 4.79 Å². The van der Waals surface area contributed by atoms with Crippen LogP contribution in [0, 0.1) is 0 Å². The molecular weight excluding hydrogens is 388 g/mol. The van der Waals surface area contributed by atoms with E-state index in [-0.39, 0.29) is 17.7 Å². The van der Waals surface area contributed by atoms with Crippen LogP contribution in [0.3, 0.4) is 0 Å². The van der Waals surface area contributed by atoms with Gasteiger partial charge in [0.2, 0.25) is 11.8 Å². The first-order chi connectivity index (χ1) is 14.1. The lowest BCUT2D eigenvalue weighted by Gasteiger charge is -2.11. The molecule has 0 saturated heterocycles. The number of nitrogens with zero attached hydrogens (tertiary/aromatic N) is 3. The van der Waals surface area contributed by atoms with Crippen LogP contribution in [0.4, 0.5) is 5.88 Å². The lowest BCUT2D eigenvalue weighted by Crippen LogP contribution is -2.19. The van der Waals surface area contributed by atoms with Crippen LogP contribution < -0.4 is 5.32 Å². The molecule has 0 fully saturated rings. The van der Waals surface area contributed by atoms with Crippen molar-refractivity contribution < 1.29 is 9.32 Å². The predicted octanol–water partition coefficient (Wildman–Crippen LogP) is 5.19. The summed E-state index contributed by atoms with van der Waals surface area (Å²) in [7, 11) is 0. The minimum absolute atomic E-state index is 0.203. The Balaban J connectivity index is 1.72. The Bertz CT molecular complexity index is 1110. The quantitative estimate of drug-likeness (QED) is 0.494. The highest BCUT2D eigenvalue weighted by Gasteiger charge is 2.24. The molecule has 1 unspecified atom stereocenters. The van der Waals surface area contributed by atoms with Crippen LogP contribution in [-0.4, -0.2) is 21.0 Å². The zero-order valence-corrected chi connectivity index (χ0v) is 16.3. The maximum absolute atomic E-state index is 12.8. The number of hydrogen-bond acceptors (Lipinski definition) is 5. The standard InChI is InChI=1S/C22H17ClN4O2/c1-14(15-5-3-2-4-6-15)21(28)26-22-19(18-11-12-24-13-25-18)20(27-29-22)16-7-9-17(23)10-8-16/h2-14H,1H3,(H,26,28). The second kappa shape index (κ2) is 8.24. The highest BCUT2D eigenvalue weighted by molar-refractivity contribution is 6.30. The van der Waals surface area contributed by atoms with Gasteiger partial charge in [-0.15, -0.1) is 0 Å². The number of carbonyl (C=O) groups is 1. The van der Waals surface area contributed by atoms with Crippen molar-refractivity contribution in [1.82, 2.24) is 15.1 Å². The third-order valence-corrected chi connectivity index (χ3v) is 4.83. The van der Waals surface area contributed by atoms with Gasteiger partial charge in [0, 0.05) is 16.8 Å². The first kappa shape index (κ1) is 18.8. The van der Waals surface area contributed by atoms with Gasteiger partial charge in [-0.05, 0) is 30.7 Å². The van der Waals surface area contributed by atoms with E-state index in [0.717, 1.165) is 11.1 Å². The Labute approximate surface area is 172 Å². The fraction of sp³-hybridized carbons (Fsp3) is 0.0909. The number of halogens is 1. The number of amides is 1. The fourth-order valence-electron chi connectivity index (χ4n) is 2.97. The van der Waals surface area contributed by atoms with E-state index in [4.69, 9.17) is 16.1 Å². The van der Waals surface area contributed by atoms with E-state index < -0.39 is 0 Å². The van der Waals surface area contributed by atoms with Crippen LogP contribution in [0.15, 0.2) is 77.7 Å². The molecule has 0 aliphatic heterocycles. The SMILES string of the molecule is CC(C(=O)Nc1onc(-c2ccc(Cl)cc2)c1-c1ccncn1)c1ccccc1. The number of carbonyl (C=O) groups excluding carboxylic acids is 1. The molecule has 0 bridgehead atoms. The van der Waals surface area contributed by atoms with Crippen molar-refractivity contribution in [2.24, 2.45) is 0 Å². The van der Waals surface area contributed by atoms with Crippen LogP contribution in [0.1, 0.15) is 18.4 Å². The molecule has 2 aromatic heterocycles. The summed E-state index contributed by atoms with van der Waals surface area (Å²) in [5, 5.41) is 7.66. The number of nitrogens with one attached hydrogen (secondary N) is 1. The van der Waals surface area contributed by atoms with Crippen LogP contribution in [0.2, 0.25) is 5.02 Å². The summed E-state index contributed by atoms with van der Waals surface area (Å²) in [6.07, 6.45) is 3.06. The minimum Gasteiger partial charge on any atom is -0.337 e. The van der Waals surface area contributed by atoms with Crippen molar-refractivity contribution in [2.75, 3.05) is 5.32 Å². The second-order valence-corrected chi connectivity index (χ2v) is 6.89. The first-order valence-electron chi connectivity index (χ1n) is 9.01. The van der Waals surface area contributed by atoms with Crippen molar-refractivity contribution in [1.29, 1.82) is 0 Å². The lowest BCUT2D eigenvalue weighted by atomic mass is 10.00. The summed E-state index contributed by atoms with van der Waals surface area (Å²) >= 11 is 6.00. The molecule has 2 heterocycles. The Morgan fingerprint density at radius 3 is 2.52 bits per heavy atom. The van der Waals surface area contributed by atoms with Crippen molar-refractivity contribution in [2.45, 2.75) is 12.8 Å². The third kappa shape index (κ3) is 4.02. The highest BCUT2D eigenvalue weighted by atomic mass is 35.5. The monoisotopic (exact) mass is 404 g/mol. The number of aromatic nitrogens is 3. The van der Waals surface area contributed by atoms with Crippen molar-refractivity contribution in [3.63, 3.8) is 0 Å². The van der Waals surface area contributed by atoms with Crippen molar-refractivity contribution >= 4 is 23.4 Å². The fourth-order valence-corrected chi connectivity index (χ4v) is 3.10. The van der Waals surface area contributed by atoms with Crippen molar-refractivity contribution in [3.8, 4) is 22.5 Å². The van der Waals surface area contributed by atoms with Crippen LogP contribution in [0.25, 0.3) is 22.5 Å². The zero-order chi connectivity index (χ0) is 20.2. The zero-order valence-electron chi connectivity index (χ0n) is 15.5. The van der Waals surface area contributed by atoms with Gasteiger partial charge in [0.1, 0.15) is 12.0 Å². The smallest absolute Gasteiger partial charge is 0.241 e. The predicted molar refractivity (Wildman–Crippen MR) is 111 cm³/mol. The van der Waals surface area contributed by atoms with Gasteiger partial charge in [0.25, 0.3) is 0 Å². The van der Waals surface area contributed by atoms with Crippen molar-refractivity contribution in [3.05, 3.63) is 83.8 Å². The van der Waals surface area contributed by atoms with Gasteiger partial charge in [-0.1, -0.05) is 59.2 Å². The maximum atomic E-state index is 12.8. The molecule has 0 saturated carbocycles.